The first kappa shape index (κ1) is 17.0. The average Bonchev–Trinajstić information content (AvgIpc) is 2.47. The molecule has 1 fully saturated rings. The van der Waals surface area contributed by atoms with Gasteiger partial charge in [0.1, 0.15) is 0 Å². The number of nitrogens with two attached hydrogens (primary N) is 1. The lowest BCUT2D eigenvalue weighted by Gasteiger charge is -2.34. The molecule has 0 radical (unpaired) electrons. The van der Waals surface area contributed by atoms with Gasteiger partial charge in [0.2, 0.25) is 0 Å². The molecule has 1 nitrogen and oxygen atoms in total. The van der Waals surface area contributed by atoms with Crippen molar-refractivity contribution in [2.24, 2.45) is 23.5 Å². The van der Waals surface area contributed by atoms with Crippen LogP contribution >= 0.6 is 0 Å². The van der Waals surface area contributed by atoms with E-state index in [1.165, 1.54) is 77.0 Å². The van der Waals surface area contributed by atoms with Crippen LogP contribution in [0.5, 0.6) is 0 Å². The normalized spacial score (nSPS) is 25.4. The molecule has 114 valence electrons. The molecule has 0 amide bonds. The molecule has 0 aromatic rings. The van der Waals surface area contributed by atoms with E-state index in [1.54, 1.807) is 0 Å². The Bertz CT molecular complexity index is 194. The number of hydrogen-bond donors (Lipinski definition) is 1. The molecule has 0 spiro atoms. The largest absolute Gasteiger partial charge is 0.330 e. The molecular formula is C18H37N. The highest BCUT2D eigenvalue weighted by Gasteiger charge is 2.26. The third-order valence-electron chi connectivity index (χ3n) is 5.25. The lowest BCUT2D eigenvalue weighted by atomic mass is 9.72. The van der Waals surface area contributed by atoms with Gasteiger partial charge in [0.25, 0.3) is 0 Å². The molecule has 0 saturated heterocycles. The summed E-state index contributed by atoms with van der Waals surface area (Å²) in [6.45, 7) is 5.56. The molecule has 0 heterocycles. The summed E-state index contributed by atoms with van der Waals surface area (Å²) in [5.41, 5.74) is 5.82. The molecule has 0 aromatic carbocycles. The fourth-order valence-corrected chi connectivity index (χ4v) is 3.81. The molecule has 1 aliphatic rings. The Hall–Kier alpha value is -0.0400. The van der Waals surface area contributed by atoms with Gasteiger partial charge in [-0.05, 0) is 50.0 Å². The number of rotatable bonds is 10. The van der Waals surface area contributed by atoms with Crippen LogP contribution in [-0.2, 0) is 0 Å². The van der Waals surface area contributed by atoms with Crippen molar-refractivity contribution in [3.05, 3.63) is 0 Å². The Morgan fingerprint density at radius 1 is 0.842 bits per heavy atom. The van der Waals surface area contributed by atoms with Gasteiger partial charge in [-0.15, -0.1) is 0 Å². The molecule has 1 atom stereocenters. The van der Waals surface area contributed by atoms with Gasteiger partial charge in [0.05, 0.1) is 0 Å². The van der Waals surface area contributed by atoms with Gasteiger partial charge in [-0.3, -0.25) is 0 Å². The van der Waals surface area contributed by atoms with Crippen LogP contribution < -0.4 is 5.73 Å². The van der Waals surface area contributed by atoms with Crippen LogP contribution in [0.3, 0.4) is 0 Å². The predicted octanol–water partition coefficient (Wildman–Crippen LogP) is 5.53. The molecule has 0 aliphatic heterocycles. The molecule has 2 N–H and O–H groups in total. The predicted molar refractivity (Wildman–Crippen MR) is 86.3 cm³/mol. The van der Waals surface area contributed by atoms with Crippen LogP contribution in [0.4, 0.5) is 0 Å². The maximum atomic E-state index is 5.82. The van der Waals surface area contributed by atoms with Gasteiger partial charge < -0.3 is 5.73 Å². The third-order valence-corrected chi connectivity index (χ3v) is 5.25. The SMILES string of the molecule is CCCCCCC(CCCC)C1CCC(CN)CC1. The van der Waals surface area contributed by atoms with Gasteiger partial charge in [0, 0.05) is 0 Å². The minimum atomic E-state index is 0.836. The maximum Gasteiger partial charge on any atom is -0.00489 e. The second kappa shape index (κ2) is 10.7. The zero-order chi connectivity index (χ0) is 13.9. The lowest BCUT2D eigenvalue weighted by Crippen LogP contribution is -2.25. The van der Waals surface area contributed by atoms with Gasteiger partial charge >= 0.3 is 0 Å². The summed E-state index contributed by atoms with van der Waals surface area (Å²) in [5.74, 6) is 2.88. The van der Waals surface area contributed by atoms with Crippen LogP contribution in [0.1, 0.15) is 90.9 Å². The summed E-state index contributed by atoms with van der Waals surface area (Å²) in [4.78, 5) is 0. The Morgan fingerprint density at radius 3 is 2.05 bits per heavy atom. The summed E-state index contributed by atoms with van der Waals surface area (Å²) in [7, 11) is 0. The van der Waals surface area contributed by atoms with E-state index < -0.39 is 0 Å². The Labute approximate surface area is 121 Å². The van der Waals surface area contributed by atoms with Gasteiger partial charge in [-0.1, -0.05) is 65.2 Å². The van der Waals surface area contributed by atoms with E-state index in [2.05, 4.69) is 13.8 Å². The first-order chi connectivity index (χ1) is 9.31. The molecule has 1 saturated carbocycles. The van der Waals surface area contributed by atoms with Gasteiger partial charge in [-0.25, -0.2) is 0 Å². The Morgan fingerprint density at radius 2 is 1.47 bits per heavy atom. The molecule has 0 aromatic heterocycles. The number of unbranched alkanes of at least 4 members (excludes halogenated alkanes) is 4. The topological polar surface area (TPSA) is 26.0 Å². The Balaban J connectivity index is 2.31. The average molecular weight is 268 g/mol. The van der Waals surface area contributed by atoms with Crippen LogP contribution in [0.15, 0.2) is 0 Å². The summed E-state index contributed by atoms with van der Waals surface area (Å²) in [6, 6.07) is 0. The van der Waals surface area contributed by atoms with Crippen molar-refractivity contribution in [3.8, 4) is 0 Å². The van der Waals surface area contributed by atoms with Crippen molar-refractivity contribution >= 4 is 0 Å². The quantitative estimate of drug-likeness (QED) is 0.518. The van der Waals surface area contributed by atoms with Crippen LogP contribution in [0, 0.1) is 17.8 Å². The van der Waals surface area contributed by atoms with Crippen molar-refractivity contribution in [2.75, 3.05) is 6.54 Å². The zero-order valence-electron chi connectivity index (χ0n) is 13.5. The molecule has 1 unspecified atom stereocenters. The minimum Gasteiger partial charge on any atom is -0.330 e. The van der Waals surface area contributed by atoms with E-state index in [4.69, 9.17) is 5.73 Å². The van der Waals surface area contributed by atoms with Crippen molar-refractivity contribution in [3.63, 3.8) is 0 Å². The van der Waals surface area contributed by atoms with E-state index in [0.29, 0.717) is 0 Å². The molecule has 1 aliphatic carbocycles. The lowest BCUT2D eigenvalue weighted by molar-refractivity contribution is 0.184. The van der Waals surface area contributed by atoms with Crippen molar-refractivity contribution in [2.45, 2.75) is 90.9 Å². The minimum absolute atomic E-state index is 0.836. The number of hydrogen-bond acceptors (Lipinski definition) is 1. The van der Waals surface area contributed by atoms with Crippen molar-refractivity contribution in [1.29, 1.82) is 0 Å². The zero-order valence-corrected chi connectivity index (χ0v) is 13.5. The summed E-state index contributed by atoms with van der Waals surface area (Å²) in [5, 5.41) is 0. The van der Waals surface area contributed by atoms with Crippen LogP contribution in [0.25, 0.3) is 0 Å². The maximum absolute atomic E-state index is 5.82. The molecule has 1 heteroatoms. The molecule has 19 heavy (non-hydrogen) atoms. The molecular weight excluding hydrogens is 230 g/mol. The highest BCUT2D eigenvalue weighted by Crippen LogP contribution is 2.37. The standard InChI is InChI=1S/C18H37N/c1-3-5-7-8-10-17(9-6-4-2)18-13-11-16(15-19)12-14-18/h16-18H,3-15,19H2,1-2H3. The van der Waals surface area contributed by atoms with Crippen LogP contribution in [-0.4, -0.2) is 6.54 Å². The summed E-state index contributed by atoms with van der Waals surface area (Å²) >= 11 is 0. The first-order valence-electron chi connectivity index (χ1n) is 9.01. The van der Waals surface area contributed by atoms with Gasteiger partial charge in [-0.2, -0.15) is 0 Å². The monoisotopic (exact) mass is 267 g/mol. The smallest absolute Gasteiger partial charge is 0.00489 e. The van der Waals surface area contributed by atoms with E-state index in [-0.39, 0.29) is 0 Å². The van der Waals surface area contributed by atoms with E-state index in [0.717, 1.165) is 24.3 Å². The van der Waals surface area contributed by atoms with E-state index in [1.807, 2.05) is 0 Å². The summed E-state index contributed by atoms with van der Waals surface area (Å²) < 4.78 is 0. The molecule has 1 rings (SSSR count). The fraction of sp³-hybridized carbons (Fsp3) is 1.00. The Kier molecular flexibility index (Phi) is 9.59. The second-order valence-electron chi connectivity index (χ2n) is 6.77. The fourth-order valence-electron chi connectivity index (χ4n) is 3.81. The van der Waals surface area contributed by atoms with Crippen LogP contribution in [0.2, 0.25) is 0 Å². The van der Waals surface area contributed by atoms with E-state index >= 15 is 0 Å². The second-order valence-corrected chi connectivity index (χ2v) is 6.77. The highest BCUT2D eigenvalue weighted by atomic mass is 14.6. The van der Waals surface area contributed by atoms with Gasteiger partial charge in [0.15, 0.2) is 0 Å². The van der Waals surface area contributed by atoms with E-state index in [9.17, 15) is 0 Å². The summed E-state index contributed by atoms with van der Waals surface area (Å²) in [6.07, 6.45) is 17.2. The van der Waals surface area contributed by atoms with Crippen molar-refractivity contribution < 1.29 is 0 Å². The molecule has 0 bridgehead atoms. The highest BCUT2D eigenvalue weighted by molar-refractivity contribution is 4.78. The first-order valence-corrected chi connectivity index (χ1v) is 9.01. The third kappa shape index (κ3) is 6.79. The van der Waals surface area contributed by atoms with Crippen molar-refractivity contribution in [1.82, 2.24) is 0 Å².